The van der Waals surface area contributed by atoms with Gasteiger partial charge < -0.3 is 4.57 Å². The standard InChI is InChI=1S/C57H37N5/c1-4-18-38(19-5-1)39-32-34-40(35-33-39)43-24-10-11-25-44(43)45-26-12-15-29-49(45)61-50-30-16-13-27-46(50)47-36-37-52-53(54(47)61)48-28-14-17-31-51(48)62(52)57-59-55(41-20-6-2-7-21-41)58-56(60-57)42-22-8-3-9-23-42/h1-37H. The number of nitrogens with zero attached hydrogens (tertiary/aromatic N) is 5. The van der Waals surface area contributed by atoms with E-state index in [1.54, 1.807) is 0 Å². The van der Waals surface area contributed by atoms with E-state index in [1.807, 2.05) is 36.4 Å². The number of para-hydroxylation sites is 3. The molecular weight excluding hydrogens is 755 g/mol. The van der Waals surface area contributed by atoms with Crippen molar-refractivity contribution in [3.63, 3.8) is 0 Å². The molecule has 0 aliphatic carbocycles. The molecule has 0 radical (unpaired) electrons. The van der Waals surface area contributed by atoms with Crippen LogP contribution in [0.15, 0.2) is 224 Å². The molecule has 0 atom stereocenters. The Labute approximate surface area is 358 Å². The van der Waals surface area contributed by atoms with E-state index in [0.29, 0.717) is 17.6 Å². The van der Waals surface area contributed by atoms with Crippen molar-refractivity contribution in [1.29, 1.82) is 0 Å². The summed E-state index contributed by atoms with van der Waals surface area (Å²) in [5.41, 5.74) is 14.4. The predicted molar refractivity (Wildman–Crippen MR) is 256 cm³/mol. The molecule has 0 saturated heterocycles. The fraction of sp³-hybridized carbons (Fsp3) is 0. The van der Waals surface area contributed by atoms with E-state index in [-0.39, 0.29) is 0 Å². The molecule has 0 fully saturated rings. The Bertz CT molecular complexity index is 3550. The van der Waals surface area contributed by atoms with Gasteiger partial charge in [0.2, 0.25) is 5.95 Å². The van der Waals surface area contributed by atoms with Crippen molar-refractivity contribution in [3.8, 4) is 67.8 Å². The molecule has 12 rings (SSSR count). The van der Waals surface area contributed by atoms with E-state index in [9.17, 15) is 0 Å². The van der Waals surface area contributed by atoms with Crippen LogP contribution in [0.3, 0.4) is 0 Å². The minimum absolute atomic E-state index is 0.568. The lowest BCUT2D eigenvalue weighted by Crippen LogP contribution is -2.06. The summed E-state index contributed by atoms with van der Waals surface area (Å²) in [5.74, 6) is 1.81. The third kappa shape index (κ3) is 5.82. The molecule has 3 heterocycles. The van der Waals surface area contributed by atoms with Gasteiger partial charge in [-0.25, -0.2) is 4.98 Å². The molecule has 0 unspecified atom stereocenters. The zero-order valence-electron chi connectivity index (χ0n) is 33.6. The smallest absolute Gasteiger partial charge is 0.238 e. The lowest BCUT2D eigenvalue weighted by molar-refractivity contribution is 0.953. The van der Waals surface area contributed by atoms with Gasteiger partial charge in [-0.1, -0.05) is 200 Å². The van der Waals surface area contributed by atoms with E-state index >= 15 is 0 Å². The largest absolute Gasteiger partial charge is 0.308 e. The van der Waals surface area contributed by atoms with Gasteiger partial charge in [-0.3, -0.25) is 4.57 Å². The van der Waals surface area contributed by atoms with E-state index in [4.69, 9.17) is 15.0 Å². The number of benzene rings is 9. The summed E-state index contributed by atoms with van der Waals surface area (Å²) in [6.45, 7) is 0. The second-order valence-corrected chi connectivity index (χ2v) is 15.6. The second kappa shape index (κ2) is 14.7. The van der Waals surface area contributed by atoms with Crippen molar-refractivity contribution in [2.24, 2.45) is 0 Å². The molecule has 0 N–H and O–H groups in total. The average Bonchev–Trinajstić information content (AvgIpc) is 3.88. The number of rotatable bonds is 7. The van der Waals surface area contributed by atoms with Gasteiger partial charge in [0.05, 0.1) is 27.8 Å². The van der Waals surface area contributed by atoms with Gasteiger partial charge >= 0.3 is 0 Å². The maximum Gasteiger partial charge on any atom is 0.238 e. The Morgan fingerprint density at radius 2 is 0.758 bits per heavy atom. The summed E-state index contributed by atoms with van der Waals surface area (Å²) >= 11 is 0. The Balaban J connectivity index is 1.12. The first kappa shape index (κ1) is 35.5. The molecule has 0 amide bonds. The Kier molecular flexibility index (Phi) is 8.42. The molecule has 0 aliphatic rings. The van der Waals surface area contributed by atoms with E-state index in [2.05, 4.69) is 197 Å². The molecule has 5 nitrogen and oxygen atoms in total. The normalized spacial score (nSPS) is 11.5. The first-order valence-electron chi connectivity index (χ1n) is 21.0. The van der Waals surface area contributed by atoms with Crippen LogP contribution in [0.25, 0.3) is 111 Å². The zero-order valence-corrected chi connectivity index (χ0v) is 33.6. The molecule has 0 saturated carbocycles. The molecule has 0 spiro atoms. The molecule has 5 heteroatoms. The monoisotopic (exact) mass is 791 g/mol. The van der Waals surface area contributed by atoms with Crippen molar-refractivity contribution in [3.05, 3.63) is 224 Å². The highest BCUT2D eigenvalue weighted by atomic mass is 15.2. The first-order valence-corrected chi connectivity index (χ1v) is 21.0. The zero-order chi connectivity index (χ0) is 41.0. The van der Waals surface area contributed by atoms with Gasteiger partial charge in [0.1, 0.15) is 0 Å². The van der Waals surface area contributed by atoms with Crippen LogP contribution in [0.5, 0.6) is 0 Å². The molecule has 62 heavy (non-hydrogen) atoms. The van der Waals surface area contributed by atoms with Gasteiger partial charge in [-0.05, 0) is 52.1 Å². The van der Waals surface area contributed by atoms with Crippen molar-refractivity contribution in [1.82, 2.24) is 24.1 Å². The SMILES string of the molecule is c1ccc(-c2ccc(-c3ccccc3-c3ccccc3-n3c4ccccc4c4ccc5c(c6ccccc6n5-c5nc(-c6ccccc6)nc(-c6ccccc6)n5)c43)cc2)cc1. The lowest BCUT2D eigenvalue weighted by atomic mass is 9.92. The van der Waals surface area contributed by atoms with Crippen molar-refractivity contribution < 1.29 is 0 Å². The van der Waals surface area contributed by atoms with Crippen LogP contribution in [-0.4, -0.2) is 24.1 Å². The van der Waals surface area contributed by atoms with Gasteiger partial charge in [-0.2, -0.15) is 9.97 Å². The molecule has 3 aromatic heterocycles. The number of hydrogen-bond donors (Lipinski definition) is 0. The van der Waals surface area contributed by atoms with E-state index < -0.39 is 0 Å². The second-order valence-electron chi connectivity index (χ2n) is 15.6. The predicted octanol–water partition coefficient (Wildman–Crippen LogP) is 14.4. The molecule has 0 aliphatic heterocycles. The minimum atomic E-state index is 0.568. The summed E-state index contributed by atoms with van der Waals surface area (Å²) in [6, 6.07) is 79.4. The quantitative estimate of drug-likeness (QED) is 0.162. The number of fused-ring (bicyclic) bond motifs is 7. The van der Waals surface area contributed by atoms with Crippen LogP contribution >= 0.6 is 0 Å². The molecular formula is C57H37N5. The van der Waals surface area contributed by atoms with Gasteiger partial charge in [0.25, 0.3) is 0 Å². The highest BCUT2D eigenvalue weighted by Gasteiger charge is 2.24. The maximum absolute atomic E-state index is 5.22. The van der Waals surface area contributed by atoms with Gasteiger partial charge in [-0.15, -0.1) is 0 Å². The minimum Gasteiger partial charge on any atom is -0.308 e. The van der Waals surface area contributed by atoms with Crippen LogP contribution in [0.4, 0.5) is 0 Å². The third-order valence-corrected chi connectivity index (χ3v) is 12.0. The molecule has 12 aromatic rings. The first-order chi connectivity index (χ1) is 30.8. The highest BCUT2D eigenvalue weighted by molar-refractivity contribution is 6.26. The highest BCUT2D eigenvalue weighted by Crippen LogP contribution is 2.44. The van der Waals surface area contributed by atoms with Crippen molar-refractivity contribution in [2.45, 2.75) is 0 Å². The summed E-state index contributed by atoms with van der Waals surface area (Å²) in [6.07, 6.45) is 0. The van der Waals surface area contributed by atoms with Crippen LogP contribution in [0.1, 0.15) is 0 Å². The Hall–Kier alpha value is -8.41. The van der Waals surface area contributed by atoms with Gasteiger partial charge in [0, 0.05) is 38.2 Å². The van der Waals surface area contributed by atoms with Crippen molar-refractivity contribution in [2.75, 3.05) is 0 Å². The Morgan fingerprint density at radius 1 is 0.274 bits per heavy atom. The van der Waals surface area contributed by atoms with Crippen LogP contribution in [-0.2, 0) is 0 Å². The number of hydrogen-bond acceptors (Lipinski definition) is 3. The number of aromatic nitrogens is 5. The maximum atomic E-state index is 5.22. The summed E-state index contributed by atoms with van der Waals surface area (Å²) in [5, 5.41) is 4.63. The van der Waals surface area contributed by atoms with Gasteiger partial charge in [0.15, 0.2) is 11.6 Å². The Morgan fingerprint density at radius 3 is 1.42 bits per heavy atom. The van der Waals surface area contributed by atoms with E-state index in [0.717, 1.165) is 55.2 Å². The summed E-state index contributed by atoms with van der Waals surface area (Å²) < 4.78 is 4.69. The topological polar surface area (TPSA) is 48.5 Å². The summed E-state index contributed by atoms with van der Waals surface area (Å²) in [7, 11) is 0. The van der Waals surface area contributed by atoms with Crippen LogP contribution in [0.2, 0.25) is 0 Å². The van der Waals surface area contributed by atoms with Crippen molar-refractivity contribution >= 4 is 43.6 Å². The van der Waals surface area contributed by atoms with E-state index in [1.165, 1.54) is 38.6 Å². The average molecular weight is 792 g/mol. The molecule has 9 aromatic carbocycles. The molecule has 290 valence electrons. The van der Waals surface area contributed by atoms with Crippen LogP contribution < -0.4 is 0 Å². The lowest BCUT2D eigenvalue weighted by Gasteiger charge is -2.17. The van der Waals surface area contributed by atoms with Crippen LogP contribution in [0, 0.1) is 0 Å². The molecule has 0 bridgehead atoms. The fourth-order valence-corrected chi connectivity index (χ4v) is 9.21. The fourth-order valence-electron chi connectivity index (χ4n) is 9.21. The third-order valence-electron chi connectivity index (χ3n) is 12.0. The summed E-state index contributed by atoms with van der Waals surface area (Å²) in [4.78, 5) is 15.5.